The maximum absolute atomic E-state index is 12.0. The molecule has 0 aliphatic rings. The van der Waals surface area contributed by atoms with E-state index in [1.54, 1.807) is 0 Å². The van der Waals surface area contributed by atoms with Gasteiger partial charge in [0, 0.05) is 24.8 Å². The summed E-state index contributed by atoms with van der Waals surface area (Å²) < 4.78 is 20.3. The molecule has 0 aromatic carbocycles. The zero-order valence-corrected chi connectivity index (χ0v) is 17.5. The minimum absolute atomic E-state index is 0.354. The minimum atomic E-state index is -1.34. The molecule has 1 amide bonds. The summed E-state index contributed by atoms with van der Waals surface area (Å²) in [5, 5.41) is 2.61. The molecule has 0 saturated carbocycles. The number of unbranched alkanes of at least 4 members (excludes halogenated alkanes) is 3. The van der Waals surface area contributed by atoms with E-state index in [1.807, 2.05) is 0 Å². The summed E-state index contributed by atoms with van der Waals surface area (Å²) in [5.41, 5.74) is -1.34. The van der Waals surface area contributed by atoms with Gasteiger partial charge in [-0.15, -0.1) is 0 Å². The number of esters is 3. The van der Waals surface area contributed by atoms with Crippen LogP contribution in [-0.4, -0.2) is 57.0 Å². The van der Waals surface area contributed by atoms with Gasteiger partial charge < -0.3 is 24.3 Å². The molecule has 168 valence electrons. The first kappa shape index (κ1) is 26.9. The third-order valence-electron chi connectivity index (χ3n) is 3.87. The van der Waals surface area contributed by atoms with E-state index in [9.17, 15) is 19.2 Å². The molecule has 0 fully saturated rings. The largest absolute Gasteiger partial charge is 0.462 e. The Morgan fingerprint density at radius 3 is 1.57 bits per heavy atom. The van der Waals surface area contributed by atoms with E-state index < -0.39 is 29.4 Å². The number of ether oxygens (including phenoxy) is 4. The lowest BCUT2D eigenvalue weighted by atomic mass is 9.92. The molecule has 9 heteroatoms. The van der Waals surface area contributed by atoms with Gasteiger partial charge in [-0.3, -0.25) is 0 Å². The summed E-state index contributed by atoms with van der Waals surface area (Å²) in [6.45, 7) is 11.0. The van der Waals surface area contributed by atoms with Crippen molar-refractivity contribution in [3.63, 3.8) is 0 Å². The van der Waals surface area contributed by atoms with E-state index >= 15 is 0 Å². The van der Waals surface area contributed by atoms with Crippen LogP contribution in [0.1, 0.15) is 32.6 Å². The lowest BCUT2D eigenvalue weighted by molar-refractivity contribution is -0.159. The molecule has 0 aliphatic heterocycles. The average Bonchev–Trinajstić information content (AvgIpc) is 2.76. The van der Waals surface area contributed by atoms with E-state index in [-0.39, 0.29) is 26.4 Å². The molecule has 0 radical (unpaired) electrons. The Morgan fingerprint density at radius 2 is 1.17 bits per heavy atom. The molecule has 0 heterocycles. The Kier molecular flexibility index (Phi) is 14.1. The van der Waals surface area contributed by atoms with E-state index in [1.165, 1.54) is 0 Å². The number of nitrogens with one attached hydrogen (secondary N) is 1. The van der Waals surface area contributed by atoms with Crippen molar-refractivity contribution in [2.45, 2.75) is 32.6 Å². The van der Waals surface area contributed by atoms with Gasteiger partial charge in [-0.2, -0.15) is 0 Å². The maximum Gasteiger partial charge on any atom is 0.407 e. The SMILES string of the molecule is C=CC(=O)OCC(COC(=O)C=C)(COC(=O)C=C)COC(=O)NCCCCCC. The summed E-state index contributed by atoms with van der Waals surface area (Å²) in [6, 6.07) is 0. The Hall–Kier alpha value is -3.10. The van der Waals surface area contributed by atoms with Crippen molar-refractivity contribution in [3.8, 4) is 0 Å². The van der Waals surface area contributed by atoms with E-state index in [0.29, 0.717) is 6.54 Å². The van der Waals surface area contributed by atoms with E-state index in [0.717, 1.165) is 43.9 Å². The highest BCUT2D eigenvalue weighted by Gasteiger charge is 2.37. The second-order valence-electron chi connectivity index (χ2n) is 6.50. The first-order chi connectivity index (χ1) is 14.3. The van der Waals surface area contributed by atoms with Gasteiger partial charge in [-0.25, -0.2) is 19.2 Å². The molecule has 0 aliphatic carbocycles. The van der Waals surface area contributed by atoms with Gasteiger partial charge in [-0.1, -0.05) is 45.9 Å². The molecule has 30 heavy (non-hydrogen) atoms. The van der Waals surface area contributed by atoms with Crippen molar-refractivity contribution in [3.05, 3.63) is 38.0 Å². The summed E-state index contributed by atoms with van der Waals surface area (Å²) in [4.78, 5) is 46.5. The van der Waals surface area contributed by atoms with Crippen LogP contribution in [0, 0.1) is 5.41 Å². The molecule has 1 N–H and O–H groups in total. The lowest BCUT2D eigenvalue weighted by Gasteiger charge is -2.31. The fourth-order valence-electron chi connectivity index (χ4n) is 2.11. The van der Waals surface area contributed by atoms with Gasteiger partial charge in [0.25, 0.3) is 0 Å². The Morgan fingerprint density at radius 1 is 0.733 bits per heavy atom. The first-order valence-electron chi connectivity index (χ1n) is 9.60. The van der Waals surface area contributed by atoms with Crippen LogP contribution in [-0.2, 0) is 33.3 Å². The summed E-state index contributed by atoms with van der Waals surface area (Å²) in [6.07, 6.45) is 6.06. The monoisotopic (exact) mass is 425 g/mol. The molecule has 0 atom stereocenters. The van der Waals surface area contributed by atoms with Crippen molar-refractivity contribution in [2.75, 3.05) is 33.0 Å². The molecular weight excluding hydrogens is 394 g/mol. The van der Waals surface area contributed by atoms with Crippen molar-refractivity contribution < 1.29 is 38.1 Å². The maximum atomic E-state index is 12.0. The quantitative estimate of drug-likeness (QED) is 0.173. The molecule has 0 spiro atoms. The summed E-state index contributed by atoms with van der Waals surface area (Å²) in [5.74, 6) is -2.24. The first-order valence-corrected chi connectivity index (χ1v) is 9.60. The number of hydrogen-bond donors (Lipinski definition) is 1. The third kappa shape index (κ3) is 12.4. The Balaban J connectivity index is 5.15. The fourth-order valence-corrected chi connectivity index (χ4v) is 2.11. The highest BCUT2D eigenvalue weighted by molar-refractivity contribution is 5.82. The minimum Gasteiger partial charge on any atom is -0.462 e. The van der Waals surface area contributed by atoms with Crippen LogP contribution in [0.4, 0.5) is 4.79 Å². The van der Waals surface area contributed by atoms with E-state index in [4.69, 9.17) is 18.9 Å². The van der Waals surface area contributed by atoms with Gasteiger partial charge in [0.1, 0.15) is 31.8 Å². The molecule has 0 unspecified atom stereocenters. The molecular formula is C21H31NO8. The fraction of sp³-hybridized carbons (Fsp3) is 0.524. The van der Waals surface area contributed by atoms with Gasteiger partial charge >= 0.3 is 24.0 Å². The zero-order valence-electron chi connectivity index (χ0n) is 17.5. The van der Waals surface area contributed by atoms with Crippen LogP contribution in [0.5, 0.6) is 0 Å². The number of alkyl carbamates (subject to hydrolysis) is 1. The van der Waals surface area contributed by atoms with Crippen LogP contribution < -0.4 is 5.32 Å². The van der Waals surface area contributed by atoms with Crippen LogP contribution in [0.3, 0.4) is 0 Å². The number of amides is 1. The summed E-state index contributed by atoms with van der Waals surface area (Å²) in [7, 11) is 0. The topological polar surface area (TPSA) is 117 Å². The third-order valence-corrected chi connectivity index (χ3v) is 3.87. The van der Waals surface area contributed by atoms with Crippen LogP contribution >= 0.6 is 0 Å². The molecule has 0 bridgehead atoms. The number of carbonyl (C=O) groups excluding carboxylic acids is 4. The molecule has 0 aromatic heterocycles. The van der Waals surface area contributed by atoms with Crippen molar-refractivity contribution in [1.29, 1.82) is 0 Å². The molecule has 0 saturated heterocycles. The van der Waals surface area contributed by atoms with Crippen LogP contribution in [0.25, 0.3) is 0 Å². The van der Waals surface area contributed by atoms with Gasteiger partial charge in [0.2, 0.25) is 0 Å². The number of rotatable bonds is 16. The van der Waals surface area contributed by atoms with Gasteiger partial charge in [0.05, 0.1) is 0 Å². The van der Waals surface area contributed by atoms with Gasteiger partial charge in [-0.05, 0) is 6.42 Å². The van der Waals surface area contributed by atoms with Crippen molar-refractivity contribution in [1.82, 2.24) is 5.32 Å². The lowest BCUT2D eigenvalue weighted by Crippen LogP contribution is -2.44. The van der Waals surface area contributed by atoms with Crippen LogP contribution in [0.15, 0.2) is 38.0 Å². The molecule has 0 aromatic rings. The zero-order chi connectivity index (χ0) is 22.8. The second-order valence-corrected chi connectivity index (χ2v) is 6.50. The second kappa shape index (κ2) is 15.8. The summed E-state index contributed by atoms with van der Waals surface area (Å²) >= 11 is 0. The normalized spacial score (nSPS) is 10.3. The molecule has 0 rings (SSSR count). The predicted octanol–water partition coefficient (Wildman–Crippen LogP) is 2.47. The van der Waals surface area contributed by atoms with Crippen molar-refractivity contribution in [2.24, 2.45) is 5.41 Å². The Labute approximate surface area is 177 Å². The average molecular weight is 425 g/mol. The standard InChI is InChI=1S/C21H31NO8/c1-5-9-10-11-12-22-20(26)30-16-21(13-27-17(23)6-2,14-28-18(24)7-3)15-29-19(25)8-4/h6-8H,2-5,9-16H2,1H3,(H,22,26). The predicted molar refractivity (Wildman–Crippen MR) is 109 cm³/mol. The Bertz CT molecular complexity index is 554. The van der Waals surface area contributed by atoms with Crippen LogP contribution in [0.2, 0.25) is 0 Å². The smallest absolute Gasteiger partial charge is 0.407 e. The van der Waals surface area contributed by atoms with Crippen molar-refractivity contribution >= 4 is 24.0 Å². The highest BCUT2D eigenvalue weighted by Crippen LogP contribution is 2.21. The highest BCUT2D eigenvalue weighted by atomic mass is 16.6. The van der Waals surface area contributed by atoms with Gasteiger partial charge in [0.15, 0.2) is 0 Å². The number of hydrogen-bond acceptors (Lipinski definition) is 8. The van der Waals surface area contributed by atoms with E-state index in [2.05, 4.69) is 32.0 Å². The number of carbonyl (C=O) groups is 4. The molecule has 9 nitrogen and oxygen atoms in total.